The van der Waals surface area contributed by atoms with Crippen LogP contribution < -0.4 is 0 Å². The number of hydrogen-bond acceptors (Lipinski definition) is 4. The van der Waals surface area contributed by atoms with Gasteiger partial charge in [-0.15, -0.1) is 0 Å². The first-order valence-electron chi connectivity index (χ1n) is 6.28. The number of amides is 1. The lowest BCUT2D eigenvalue weighted by Crippen LogP contribution is -2.35. The lowest BCUT2D eigenvalue weighted by Gasteiger charge is -2.22. The maximum absolute atomic E-state index is 12.0. The number of aromatic nitrogens is 1. The van der Waals surface area contributed by atoms with Crippen molar-refractivity contribution in [2.75, 3.05) is 13.2 Å². The Bertz CT molecular complexity index is 426. The van der Waals surface area contributed by atoms with Gasteiger partial charge in [-0.1, -0.05) is 6.07 Å². The average molecular weight is 261 g/mol. The molecule has 0 saturated carbocycles. The molecule has 0 spiro atoms. The minimum atomic E-state index is -0.104. The summed E-state index contributed by atoms with van der Waals surface area (Å²) in [5.41, 5.74) is 0.943. The molecule has 0 N–H and O–H groups in total. The molecule has 102 valence electrons. The van der Waals surface area contributed by atoms with Gasteiger partial charge in [-0.25, -0.2) is 0 Å². The fourth-order valence-electron chi connectivity index (χ4n) is 1.52. The van der Waals surface area contributed by atoms with Gasteiger partial charge >= 0.3 is 0 Å². The zero-order valence-corrected chi connectivity index (χ0v) is 11.4. The van der Waals surface area contributed by atoms with Crippen LogP contribution in [0.2, 0.25) is 0 Å². The van der Waals surface area contributed by atoms with Crippen molar-refractivity contribution in [1.29, 1.82) is 5.26 Å². The summed E-state index contributed by atoms with van der Waals surface area (Å²) < 4.78 is 5.31. The van der Waals surface area contributed by atoms with Gasteiger partial charge in [0.05, 0.1) is 18.6 Å². The van der Waals surface area contributed by atoms with E-state index in [1.165, 1.54) is 0 Å². The molecular formula is C14H19N3O2. The van der Waals surface area contributed by atoms with E-state index in [2.05, 4.69) is 11.1 Å². The maximum Gasteiger partial charge on any atom is 0.248 e. The average Bonchev–Trinajstić information content (AvgIpc) is 2.41. The molecule has 1 aromatic heterocycles. The third-order valence-corrected chi connectivity index (χ3v) is 2.48. The van der Waals surface area contributed by atoms with Crippen LogP contribution in [0.3, 0.4) is 0 Å². The third kappa shape index (κ3) is 5.98. The minimum Gasteiger partial charge on any atom is -0.369 e. The van der Waals surface area contributed by atoms with Gasteiger partial charge in [-0.05, 0) is 25.5 Å². The van der Waals surface area contributed by atoms with Crippen molar-refractivity contribution >= 4 is 5.91 Å². The minimum absolute atomic E-state index is 0.0140. The van der Waals surface area contributed by atoms with Crippen molar-refractivity contribution in [1.82, 2.24) is 9.88 Å². The van der Waals surface area contributed by atoms with Crippen LogP contribution in [0.5, 0.6) is 0 Å². The molecule has 1 amide bonds. The Morgan fingerprint density at radius 1 is 1.58 bits per heavy atom. The summed E-state index contributed by atoms with van der Waals surface area (Å²) in [6, 6.07) is 5.79. The first kappa shape index (κ1) is 15.1. The number of carbonyl (C=O) groups excluding carboxylic acids is 1. The maximum atomic E-state index is 12.0. The lowest BCUT2D eigenvalue weighted by atomic mass is 10.2. The molecule has 0 atom stereocenters. The molecule has 1 heterocycles. The predicted octanol–water partition coefficient (Wildman–Crippen LogP) is 1.75. The number of nitrogens with zero attached hydrogens (tertiary/aromatic N) is 3. The molecule has 1 rings (SSSR count). The van der Waals surface area contributed by atoms with Gasteiger partial charge in [0.1, 0.15) is 6.61 Å². The molecule has 1 aromatic rings. The van der Waals surface area contributed by atoms with E-state index in [9.17, 15) is 4.79 Å². The summed E-state index contributed by atoms with van der Waals surface area (Å²) in [6.07, 6.45) is 3.73. The van der Waals surface area contributed by atoms with E-state index in [0.29, 0.717) is 19.5 Å². The van der Waals surface area contributed by atoms with Crippen LogP contribution in [-0.2, 0) is 16.1 Å². The second-order valence-electron chi connectivity index (χ2n) is 4.44. The molecule has 0 unspecified atom stereocenters. The van der Waals surface area contributed by atoms with Crippen LogP contribution in [0.4, 0.5) is 0 Å². The van der Waals surface area contributed by atoms with Crippen LogP contribution in [0.15, 0.2) is 24.5 Å². The highest BCUT2D eigenvalue weighted by Gasteiger charge is 2.14. The Morgan fingerprint density at radius 3 is 2.95 bits per heavy atom. The molecule has 0 aliphatic rings. The first-order chi connectivity index (χ1) is 9.13. The van der Waals surface area contributed by atoms with E-state index in [1.54, 1.807) is 17.3 Å². The summed E-state index contributed by atoms with van der Waals surface area (Å²) in [7, 11) is 0. The fraction of sp³-hybridized carbons (Fsp3) is 0.500. The Hall–Kier alpha value is -1.93. The fourth-order valence-corrected chi connectivity index (χ4v) is 1.52. The van der Waals surface area contributed by atoms with Crippen LogP contribution >= 0.6 is 0 Å². The summed E-state index contributed by atoms with van der Waals surface area (Å²) >= 11 is 0. The van der Waals surface area contributed by atoms with E-state index >= 15 is 0 Å². The molecule has 0 bridgehead atoms. The Balaban J connectivity index is 2.61. The second-order valence-corrected chi connectivity index (χ2v) is 4.44. The predicted molar refractivity (Wildman–Crippen MR) is 71.0 cm³/mol. The lowest BCUT2D eigenvalue weighted by molar-refractivity contribution is -0.138. The van der Waals surface area contributed by atoms with E-state index in [-0.39, 0.29) is 18.6 Å². The van der Waals surface area contributed by atoms with Crippen molar-refractivity contribution in [3.63, 3.8) is 0 Å². The number of carbonyl (C=O) groups is 1. The molecule has 0 fully saturated rings. The SMILES string of the molecule is CC(C)OCC(=O)N(CCC#N)Cc1cccnc1. The van der Waals surface area contributed by atoms with Crippen molar-refractivity contribution in [2.45, 2.75) is 32.9 Å². The summed E-state index contributed by atoms with van der Waals surface area (Å²) in [5, 5.41) is 8.65. The highest BCUT2D eigenvalue weighted by Crippen LogP contribution is 2.05. The molecule has 5 heteroatoms. The van der Waals surface area contributed by atoms with Crippen LogP contribution in [0.1, 0.15) is 25.8 Å². The van der Waals surface area contributed by atoms with Gasteiger partial charge < -0.3 is 9.64 Å². The van der Waals surface area contributed by atoms with Crippen LogP contribution in [-0.4, -0.2) is 35.0 Å². The molecule has 19 heavy (non-hydrogen) atoms. The zero-order valence-electron chi connectivity index (χ0n) is 11.4. The summed E-state index contributed by atoms with van der Waals surface area (Å²) in [4.78, 5) is 17.7. The van der Waals surface area contributed by atoms with Crippen molar-refractivity contribution in [3.8, 4) is 6.07 Å². The number of hydrogen-bond donors (Lipinski definition) is 0. The monoisotopic (exact) mass is 261 g/mol. The van der Waals surface area contributed by atoms with Crippen molar-refractivity contribution < 1.29 is 9.53 Å². The first-order valence-corrected chi connectivity index (χ1v) is 6.28. The largest absolute Gasteiger partial charge is 0.369 e. The highest BCUT2D eigenvalue weighted by molar-refractivity contribution is 5.77. The Labute approximate surface area is 113 Å². The summed E-state index contributed by atoms with van der Waals surface area (Å²) in [6.45, 7) is 4.67. The van der Waals surface area contributed by atoms with E-state index in [4.69, 9.17) is 10.00 Å². The normalized spacial score (nSPS) is 10.2. The quantitative estimate of drug-likeness (QED) is 0.750. The third-order valence-electron chi connectivity index (χ3n) is 2.48. The summed E-state index contributed by atoms with van der Waals surface area (Å²) in [5.74, 6) is -0.104. The highest BCUT2D eigenvalue weighted by atomic mass is 16.5. The molecule has 5 nitrogen and oxygen atoms in total. The topological polar surface area (TPSA) is 66.2 Å². The number of rotatable bonds is 7. The van der Waals surface area contributed by atoms with Crippen LogP contribution in [0.25, 0.3) is 0 Å². The standard InChI is InChI=1S/C14H19N3O2/c1-12(2)19-11-14(18)17(8-4-6-15)10-13-5-3-7-16-9-13/h3,5,7,9,12H,4,8,10-11H2,1-2H3. The Kier molecular flexibility index (Phi) is 6.55. The van der Waals surface area contributed by atoms with Gasteiger partial charge in [0.2, 0.25) is 5.91 Å². The molecular weight excluding hydrogens is 242 g/mol. The van der Waals surface area contributed by atoms with Gasteiger partial charge in [0, 0.05) is 25.5 Å². The van der Waals surface area contributed by atoms with Gasteiger partial charge in [-0.3, -0.25) is 9.78 Å². The van der Waals surface area contributed by atoms with Gasteiger partial charge in [0.15, 0.2) is 0 Å². The zero-order chi connectivity index (χ0) is 14.1. The number of ether oxygens (including phenoxy) is 1. The van der Waals surface area contributed by atoms with Crippen LogP contribution in [0, 0.1) is 11.3 Å². The molecule has 0 aliphatic heterocycles. The number of nitriles is 1. The van der Waals surface area contributed by atoms with Crippen molar-refractivity contribution in [3.05, 3.63) is 30.1 Å². The van der Waals surface area contributed by atoms with Gasteiger partial charge in [0.25, 0.3) is 0 Å². The van der Waals surface area contributed by atoms with E-state index < -0.39 is 0 Å². The molecule has 0 aromatic carbocycles. The molecule has 0 radical (unpaired) electrons. The van der Waals surface area contributed by atoms with Gasteiger partial charge in [-0.2, -0.15) is 5.26 Å². The smallest absolute Gasteiger partial charge is 0.248 e. The second kappa shape index (κ2) is 8.22. The van der Waals surface area contributed by atoms with E-state index in [0.717, 1.165) is 5.56 Å². The molecule has 0 saturated heterocycles. The van der Waals surface area contributed by atoms with Crippen molar-refractivity contribution in [2.24, 2.45) is 0 Å². The Morgan fingerprint density at radius 2 is 2.37 bits per heavy atom. The number of pyridine rings is 1. The van der Waals surface area contributed by atoms with E-state index in [1.807, 2.05) is 26.0 Å². The molecule has 0 aliphatic carbocycles.